The van der Waals surface area contributed by atoms with Gasteiger partial charge in [0.1, 0.15) is 17.3 Å². The summed E-state index contributed by atoms with van der Waals surface area (Å²) in [6.45, 7) is 0.248. The summed E-state index contributed by atoms with van der Waals surface area (Å²) >= 11 is 6.05. The van der Waals surface area contributed by atoms with Gasteiger partial charge in [-0.25, -0.2) is 4.98 Å². The molecule has 0 unspecified atom stereocenters. The normalized spacial score (nSPS) is 10.7. The quantitative estimate of drug-likeness (QED) is 0.365. The van der Waals surface area contributed by atoms with E-state index in [1.807, 2.05) is 29.8 Å². The van der Waals surface area contributed by atoms with E-state index in [-0.39, 0.29) is 18.4 Å². The third-order valence-corrected chi connectivity index (χ3v) is 5.75. The van der Waals surface area contributed by atoms with Crippen LogP contribution in [0.1, 0.15) is 16.2 Å². The Labute approximate surface area is 207 Å². The average molecular weight is 493 g/mol. The van der Waals surface area contributed by atoms with E-state index in [4.69, 9.17) is 21.1 Å². The second kappa shape index (κ2) is 10.9. The van der Waals surface area contributed by atoms with Crippen LogP contribution in [-0.4, -0.2) is 41.6 Å². The zero-order chi connectivity index (χ0) is 24.8. The van der Waals surface area contributed by atoms with E-state index in [0.29, 0.717) is 40.7 Å². The van der Waals surface area contributed by atoms with Crippen molar-refractivity contribution in [3.8, 4) is 11.5 Å². The number of methoxy groups -OCH3 is 1. The molecule has 9 heteroatoms. The summed E-state index contributed by atoms with van der Waals surface area (Å²) in [5.41, 5.74) is 2.75. The van der Waals surface area contributed by atoms with Crippen LogP contribution in [0.15, 0.2) is 66.7 Å². The van der Waals surface area contributed by atoms with Crippen LogP contribution in [0.25, 0.3) is 11.0 Å². The Kier molecular flexibility index (Phi) is 7.52. The number of para-hydroxylation sites is 2. The maximum Gasteiger partial charge on any atom is 0.262 e. The Bertz CT molecular complexity index is 1370. The minimum atomic E-state index is -0.306. The molecular formula is C26H25ClN4O4. The number of halogens is 1. The molecule has 2 amide bonds. The van der Waals surface area contributed by atoms with Crippen LogP contribution < -0.4 is 20.1 Å². The second-order valence-corrected chi connectivity index (χ2v) is 8.17. The van der Waals surface area contributed by atoms with Crippen molar-refractivity contribution in [2.24, 2.45) is 7.05 Å². The van der Waals surface area contributed by atoms with E-state index < -0.39 is 0 Å². The van der Waals surface area contributed by atoms with Crippen LogP contribution in [-0.2, 0) is 18.3 Å². The highest BCUT2D eigenvalue weighted by Gasteiger charge is 2.13. The molecule has 0 bridgehead atoms. The molecule has 35 heavy (non-hydrogen) atoms. The molecule has 0 aliphatic rings. The molecule has 0 radical (unpaired) electrons. The number of nitrogens with one attached hydrogen (secondary N) is 2. The smallest absolute Gasteiger partial charge is 0.262 e. The van der Waals surface area contributed by atoms with Gasteiger partial charge in [0.25, 0.3) is 11.8 Å². The lowest BCUT2D eigenvalue weighted by Gasteiger charge is -2.09. The van der Waals surface area contributed by atoms with E-state index in [9.17, 15) is 9.59 Å². The Morgan fingerprint density at radius 1 is 1.03 bits per heavy atom. The first-order valence-corrected chi connectivity index (χ1v) is 11.4. The number of benzene rings is 3. The number of anilines is 1. The highest BCUT2D eigenvalue weighted by molar-refractivity contribution is 6.32. The van der Waals surface area contributed by atoms with Gasteiger partial charge in [-0.15, -0.1) is 0 Å². The second-order valence-electron chi connectivity index (χ2n) is 7.76. The number of carbonyl (C=O) groups excluding carboxylic acids is 2. The predicted octanol–water partition coefficient (Wildman–Crippen LogP) is 4.23. The number of aryl methyl sites for hydroxylation is 1. The molecule has 3 aromatic carbocycles. The lowest BCUT2D eigenvalue weighted by atomic mass is 10.2. The SMILES string of the molecule is COc1ccccc1C(=O)NCCc1nc2cc(NC(=O)COc3ccccc3Cl)ccc2n1C. The van der Waals surface area contributed by atoms with Crippen LogP contribution >= 0.6 is 11.6 Å². The molecule has 180 valence electrons. The minimum Gasteiger partial charge on any atom is -0.496 e. The van der Waals surface area contributed by atoms with Crippen molar-refractivity contribution in [2.45, 2.75) is 6.42 Å². The fourth-order valence-electron chi connectivity index (χ4n) is 3.67. The Morgan fingerprint density at radius 3 is 2.54 bits per heavy atom. The molecule has 4 aromatic rings. The standard InChI is InChI=1S/C26H25ClN4O4/c1-31-21-12-11-17(29-25(32)16-35-23-10-6-4-8-19(23)27)15-20(21)30-24(31)13-14-28-26(33)18-7-3-5-9-22(18)34-2/h3-12,15H,13-14,16H2,1-2H3,(H,28,33)(H,29,32). The van der Waals surface area contributed by atoms with Crippen LogP contribution in [0.4, 0.5) is 5.69 Å². The van der Waals surface area contributed by atoms with E-state index in [0.717, 1.165) is 16.9 Å². The molecule has 2 N–H and O–H groups in total. The van der Waals surface area contributed by atoms with Gasteiger partial charge in [-0.1, -0.05) is 35.9 Å². The van der Waals surface area contributed by atoms with Crippen molar-refractivity contribution < 1.29 is 19.1 Å². The lowest BCUT2D eigenvalue weighted by molar-refractivity contribution is -0.118. The number of nitrogens with zero attached hydrogens (tertiary/aromatic N) is 2. The molecule has 0 aliphatic heterocycles. The zero-order valence-corrected chi connectivity index (χ0v) is 20.1. The Balaban J connectivity index is 1.36. The van der Waals surface area contributed by atoms with Gasteiger partial charge in [0.05, 0.1) is 28.7 Å². The van der Waals surface area contributed by atoms with Gasteiger partial charge in [0, 0.05) is 25.7 Å². The van der Waals surface area contributed by atoms with E-state index in [2.05, 4.69) is 15.6 Å². The van der Waals surface area contributed by atoms with Crippen LogP contribution in [0.3, 0.4) is 0 Å². The number of rotatable bonds is 9. The minimum absolute atomic E-state index is 0.166. The highest BCUT2D eigenvalue weighted by Crippen LogP contribution is 2.23. The number of imidazole rings is 1. The first kappa shape index (κ1) is 24.1. The van der Waals surface area contributed by atoms with Gasteiger partial charge >= 0.3 is 0 Å². The third kappa shape index (κ3) is 5.73. The van der Waals surface area contributed by atoms with Gasteiger partial charge in [-0.2, -0.15) is 0 Å². The van der Waals surface area contributed by atoms with Gasteiger partial charge in [-0.05, 0) is 42.5 Å². The number of hydrogen-bond acceptors (Lipinski definition) is 5. The molecule has 0 atom stereocenters. The lowest BCUT2D eigenvalue weighted by Crippen LogP contribution is -2.26. The van der Waals surface area contributed by atoms with E-state index >= 15 is 0 Å². The third-order valence-electron chi connectivity index (χ3n) is 5.44. The van der Waals surface area contributed by atoms with Gasteiger partial charge in [0.2, 0.25) is 0 Å². The first-order valence-electron chi connectivity index (χ1n) is 11.0. The van der Waals surface area contributed by atoms with Gasteiger partial charge < -0.3 is 24.7 Å². The maximum absolute atomic E-state index is 12.5. The van der Waals surface area contributed by atoms with E-state index in [1.54, 1.807) is 48.5 Å². The molecule has 0 aliphatic carbocycles. The number of ether oxygens (including phenoxy) is 2. The molecule has 0 spiro atoms. The number of hydrogen-bond donors (Lipinski definition) is 2. The van der Waals surface area contributed by atoms with Crippen molar-refractivity contribution in [1.29, 1.82) is 0 Å². The van der Waals surface area contributed by atoms with Gasteiger partial charge in [-0.3, -0.25) is 9.59 Å². The van der Waals surface area contributed by atoms with Crippen molar-refractivity contribution in [1.82, 2.24) is 14.9 Å². The summed E-state index contributed by atoms with van der Waals surface area (Å²) < 4.78 is 12.7. The number of aromatic nitrogens is 2. The Morgan fingerprint density at radius 2 is 1.77 bits per heavy atom. The molecular weight excluding hydrogens is 468 g/mol. The average Bonchev–Trinajstić information content (AvgIpc) is 3.18. The topological polar surface area (TPSA) is 94.5 Å². The van der Waals surface area contributed by atoms with Crippen molar-refractivity contribution in [2.75, 3.05) is 25.6 Å². The molecule has 0 saturated heterocycles. The van der Waals surface area contributed by atoms with Crippen LogP contribution in [0, 0.1) is 0 Å². The molecule has 4 rings (SSSR count). The molecule has 1 aromatic heterocycles. The fourth-order valence-corrected chi connectivity index (χ4v) is 3.86. The predicted molar refractivity (Wildman–Crippen MR) is 135 cm³/mol. The summed E-state index contributed by atoms with van der Waals surface area (Å²) in [4.78, 5) is 29.5. The number of fused-ring (bicyclic) bond motifs is 1. The van der Waals surface area contributed by atoms with Crippen molar-refractivity contribution >= 4 is 40.1 Å². The largest absolute Gasteiger partial charge is 0.496 e. The molecule has 1 heterocycles. The summed E-state index contributed by atoms with van der Waals surface area (Å²) in [5, 5.41) is 6.17. The summed E-state index contributed by atoms with van der Waals surface area (Å²) in [6, 6.07) is 19.6. The summed E-state index contributed by atoms with van der Waals surface area (Å²) in [5.74, 6) is 1.28. The van der Waals surface area contributed by atoms with Gasteiger partial charge in [0.15, 0.2) is 6.61 Å². The number of carbonyl (C=O) groups is 2. The highest BCUT2D eigenvalue weighted by atomic mass is 35.5. The fraction of sp³-hybridized carbons (Fsp3) is 0.192. The molecule has 0 fully saturated rings. The Hall–Kier alpha value is -4.04. The first-order chi connectivity index (χ1) is 17.0. The van der Waals surface area contributed by atoms with Crippen molar-refractivity contribution in [3.63, 3.8) is 0 Å². The zero-order valence-electron chi connectivity index (χ0n) is 19.4. The molecule has 0 saturated carbocycles. The van der Waals surface area contributed by atoms with Crippen molar-refractivity contribution in [3.05, 3.63) is 83.1 Å². The van der Waals surface area contributed by atoms with Crippen LogP contribution in [0.2, 0.25) is 5.02 Å². The van der Waals surface area contributed by atoms with E-state index in [1.165, 1.54) is 7.11 Å². The monoisotopic (exact) mass is 492 g/mol. The maximum atomic E-state index is 12.5. The summed E-state index contributed by atoms with van der Waals surface area (Å²) in [6.07, 6.45) is 0.541. The summed E-state index contributed by atoms with van der Waals surface area (Å²) in [7, 11) is 3.45. The number of amides is 2. The van der Waals surface area contributed by atoms with Crippen LogP contribution in [0.5, 0.6) is 11.5 Å². The molecule has 8 nitrogen and oxygen atoms in total.